The second kappa shape index (κ2) is 20.0. The van der Waals surface area contributed by atoms with Crippen LogP contribution >= 0.6 is 0 Å². The summed E-state index contributed by atoms with van der Waals surface area (Å²) in [6, 6.07) is 19.7. The number of non-ortho nitro benzene ring substituents is 4. The van der Waals surface area contributed by atoms with Crippen LogP contribution in [0.2, 0.25) is 0 Å². The van der Waals surface area contributed by atoms with Crippen molar-refractivity contribution >= 4 is 34.7 Å². The van der Waals surface area contributed by atoms with E-state index in [-0.39, 0.29) is 48.7 Å². The number of phenolic OH excluding ortho intramolecular Hbond substituents is 2. The van der Waals surface area contributed by atoms with Crippen LogP contribution in [0.1, 0.15) is 171 Å². The van der Waals surface area contributed by atoms with Gasteiger partial charge in [-0.05, 0) is 66.2 Å². The highest BCUT2D eigenvalue weighted by molar-refractivity contribution is 5.94. The topological polar surface area (TPSA) is 266 Å². The summed E-state index contributed by atoms with van der Waals surface area (Å²) in [5, 5.41) is 73.2. The van der Waals surface area contributed by atoms with Gasteiger partial charge in [0, 0.05) is 72.2 Å². The molecule has 18 nitrogen and oxygen atoms in total. The highest BCUT2D eigenvalue weighted by Crippen LogP contribution is 2.44. The molecule has 0 unspecified atom stereocenters. The molecule has 6 aromatic rings. The maximum absolute atomic E-state index is 14.4. The molecule has 1 aliphatic carbocycles. The Morgan fingerprint density at radius 2 is 0.566 bits per heavy atom. The molecule has 18 heteroatoms. The molecule has 0 atom stereocenters. The van der Waals surface area contributed by atoms with Gasteiger partial charge in [0.1, 0.15) is 23.0 Å². The molecule has 0 spiro atoms. The van der Waals surface area contributed by atoms with E-state index in [4.69, 9.17) is 9.47 Å². The van der Waals surface area contributed by atoms with E-state index in [1.807, 2.05) is 132 Å². The molecule has 0 fully saturated rings. The summed E-state index contributed by atoms with van der Waals surface area (Å²) in [5.41, 5.74) is 0.285. The number of benzene rings is 6. The molecule has 0 saturated carbocycles. The van der Waals surface area contributed by atoms with Crippen LogP contribution in [0, 0.1) is 40.5 Å². The largest absolute Gasteiger partial charge is 0.507 e. The summed E-state index contributed by atoms with van der Waals surface area (Å²) in [7, 11) is 0. The molecule has 0 aromatic heterocycles. The number of hydrogen-bond acceptors (Lipinski definition) is 14. The zero-order chi connectivity index (χ0) is 56.3. The first-order valence-corrected chi connectivity index (χ1v) is 24.4. The van der Waals surface area contributed by atoms with Crippen molar-refractivity contribution in [2.45, 2.75) is 130 Å². The lowest BCUT2D eigenvalue weighted by Gasteiger charge is -2.28. The Morgan fingerprint density at radius 3 is 0.750 bits per heavy atom. The summed E-state index contributed by atoms with van der Waals surface area (Å²) >= 11 is 0. The van der Waals surface area contributed by atoms with E-state index in [2.05, 4.69) is 0 Å². The first-order valence-electron chi connectivity index (χ1n) is 24.4. The Hall–Kier alpha value is -8.54. The van der Waals surface area contributed by atoms with Crippen LogP contribution in [0.4, 0.5) is 22.7 Å². The van der Waals surface area contributed by atoms with Gasteiger partial charge in [0.05, 0.1) is 43.0 Å². The lowest BCUT2D eigenvalue weighted by molar-refractivity contribution is -0.394. The van der Waals surface area contributed by atoms with Crippen LogP contribution in [-0.2, 0) is 47.3 Å². The standard InChI is InChI=1S/C58H60N4O14/c1-55(2,3)41-17-31-13-35-21-43(57(7,8)9)23-37(51(35)75-53(65)39-25-45(59(67)68)29-46(26-39)60(69)70)15-33-19-42(56(4,5)6)20-34(50(33)64)16-38-24-44(58(10,11)12)22-36(14-32(18-41)49(31)63)52(38)76-54(66)40-27-47(61(71)72)30-48(28-40)62(73)74/h17-30,63-64H,13-16H2,1-12H3. The fourth-order valence-corrected chi connectivity index (χ4v) is 9.06. The maximum atomic E-state index is 14.4. The summed E-state index contributed by atoms with van der Waals surface area (Å²) in [6.45, 7) is 23.9. The first-order chi connectivity index (χ1) is 35.1. The number of rotatable bonds is 8. The number of esters is 2. The normalized spacial score (nSPS) is 12.9. The van der Waals surface area contributed by atoms with E-state index in [0.717, 1.165) is 58.7 Å². The molecule has 8 bridgehead atoms. The summed E-state index contributed by atoms with van der Waals surface area (Å²) in [6.07, 6.45) is -0.344. The molecule has 7 rings (SSSR count). The molecule has 0 aliphatic heterocycles. The van der Waals surface area contributed by atoms with Crippen molar-refractivity contribution in [1.29, 1.82) is 0 Å². The number of aromatic hydroxyl groups is 2. The molecule has 0 saturated heterocycles. The highest BCUT2D eigenvalue weighted by Gasteiger charge is 2.32. The van der Waals surface area contributed by atoms with Crippen molar-refractivity contribution in [3.05, 3.63) is 203 Å². The van der Waals surface area contributed by atoms with Gasteiger partial charge in [-0.3, -0.25) is 40.5 Å². The van der Waals surface area contributed by atoms with Crippen molar-refractivity contribution in [3.63, 3.8) is 0 Å². The molecular weight excluding hydrogens is 977 g/mol. The molecule has 0 amide bonds. The fourth-order valence-electron chi connectivity index (χ4n) is 9.06. The minimum atomic E-state index is -1.14. The highest BCUT2D eigenvalue weighted by atomic mass is 16.6. The van der Waals surface area contributed by atoms with Gasteiger partial charge in [0.2, 0.25) is 0 Å². The number of fused-ring (bicyclic) bond motifs is 8. The van der Waals surface area contributed by atoms with Gasteiger partial charge in [-0.1, -0.05) is 132 Å². The van der Waals surface area contributed by atoms with E-state index >= 15 is 0 Å². The van der Waals surface area contributed by atoms with Crippen LogP contribution in [0.15, 0.2) is 84.9 Å². The molecule has 0 radical (unpaired) electrons. The Morgan fingerprint density at radius 1 is 0.368 bits per heavy atom. The molecule has 1 aliphatic rings. The second-order valence-corrected chi connectivity index (χ2v) is 23.5. The lowest BCUT2D eigenvalue weighted by Crippen LogP contribution is -2.18. The van der Waals surface area contributed by atoms with Crippen molar-refractivity contribution in [3.8, 4) is 23.0 Å². The van der Waals surface area contributed by atoms with E-state index in [0.29, 0.717) is 44.5 Å². The van der Waals surface area contributed by atoms with E-state index < -0.39 is 87.2 Å². The molecule has 396 valence electrons. The van der Waals surface area contributed by atoms with Gasteiger partial charge in [-0.2, -0.15) is 0 Å². The third-order valence-corrected chi connectivity index (χ3v) is 13.5. The predicted octanol–water partition coefficient (Wildman–Crippen LogP) is 13.0. The zero-order valence-corrected chi connectivity index (χ0v) is 44.5. The van der Waals surface area contributed by atoms with Gasteiger partial charge in [0.15, 0.2) is 0 Å². The minimum absolute atomic E-state index is 0.000834. The van der Waals surface area contributed by atoms with Gasteiger partial charge in [-0.15, -0.1) is 0 Å². The van der Waals surface area contributed by atoms with Crippen LogP contribution in [0.25, 0.3) is 0 Å². The van der Waals surface area contributed by atoms with Crippen molar-refractivity contribution in [1.82, 2.24) is 0 Å². The van der Waals surface area contributed by atoms with Crippen molar-refractivity contribution in [2.75, 3.05) is 0 Å². The number of carbonyl (C=O) groups is 2. The third kappa shape index (κ3) is 11.9. The molecule has 0 heterocycles. The van der Waals surface area contributed by atoms with Crippen LogP contribution in [0.5, 0.6) is 23.0 Å². The second-order valence-electron chi connectivity index (χ2n) is 23.5. The summed E-state index contributed by atoms with van der Waals surface area (Å²) in [5.74, 6) is -2.60. The average molecular weight is 1040 g/mol. The Bertz CT molecular complexity index is 3050. The number of carbonyl (C=O) groups excluding carboxylic acids is 2. The van der Waals surface area contributed by atoms with Gasteiger partial charge >= 0.3 is 11.9 Å². The minimum Gasteiger partial charge on any atom is -0.507 e. The predicted molar refractivity (Wildman–Crippen MR) is 285 cm³/mol. The van der Waals surface area contributed by atoms with E-state index in [1.54, 1.807) is 0 Å². The first kappa shape index (κ1) is 55.2. The maximum Gasteiger partial charge on any atom is 0.344 e. The number of nitro groups is 4. The SMILES string of the molecule is CC(C)(C)c1cc2c(O)c(c1)Cc1cc(C(C)(C)C)cc(c1OC(=O)c1cc([N+](=O)[O-])cc([N+](=O)[O-])c1)Cc1cc(C(C)(C)C)cc(c1O)Cc1cc(C(C)(C)C)cc(c1OC(=O)c1cc([N+](=O)[O-])cc([N+](=O)[O-])c1)C2. The van der Waals surface area contributed by atoms with Gasteiger partial charge in [-0.25, -0.2) is 9.59 Å². The Kier molecular flexibility index (Phi) is 14.5. The lowest BCUT2D eigenvalue weighted by atomic mass is 9.79. The Balaban J connectivity index is 1.58. The van der Waals surface area contributed by atoms with Crippen LogP contribution in [0.3, 0.4) is 0 Å². The molecule has 76 heavy (non-hydrogen) atoms. The van der Waals surface area contributed by atoms with Crippen molar-refractivity contribution < 1.29 is 49.0 Å². The number of phenols is 2. The average Bonchev–Trinajstić information content (AvgIpc) is 3.30. The summed E-state index contributed by atoms with van der Waals surface area (Å²) < 4.78 is 12.6. The van der Waals surface area contributed by atoms with Crippen LogP contribution in [-0.4, -0.2) is 41.8 Å². The van der Waals surface area contributed by atoms with Crippen LogP contribution < -0.4 is 9.47 Å². The smallest absolute Gasteiger partial charge is 0.344 e. The van der Waals surface area contributed by atoms with Crippen molar-refractivity contribution in [2.24, 2.45) is 0 Å². The summed E-state index contributed by atoms with van der Waals surface area (Å²) in [4.78, 5) is 73.3. The molecule has 2 N–H and O–H groups in total. The Labute approximate surface area is 438 Å². The molecular formula is C58H60N4O14. The number of nitrogens with zero attached hydrogens (tertiary/aromatic N) is 4. The third-order valence-electron chi connectivity index (χ3n) is 13.5. The number of nitro benzene ring substituents is 4. The molecule has 6 aromatic carbocycles. The van der Waals surface area contributed by atoms with E-state index in [9.17, 15) is 60.3 Å². The van der Waals surface area contributed by atoms with E-state index in [1.165, 1.54) is 0 Å². The number of ether oxygens (including phenoxy) is 2. The van der Waals surface area contributed by atoms with Gasteiger partial charge in [0.25, 0.3) is 22.7 Å². The zero-order valence-electron chi connectivity index (χ0n) is 44.5. The quantitative estimate of drug-likeness (QED) is 0.0620. The van der Waals surface area contributed by atoms with Gasteiger partial charge < -0.3 is 19.7 Å². The fraction of sp³-hybridized carbons (Fsp3) is 0.345. The number of hydrogen-bond donors (Lipinski definition) is 2. The monoisotopic (exact) mass is 1040 g/mol.